The standard InChI is InChI=1S/C18H16ClNO2/c1-3-11-4-7-17(22-2)12(8-11)9-15-14-10-13(19)5-6-16(14)20-18(15)21/h4-10H,3H2,1-2H3,(H,20,21)/b15-9+. The predicted molar refractivity (Wildman–Crippen MR) is 90.3 cm³/mol. The summed E-state index contributed by atoms with van der Waals surface area (Å²) in [4.78, 5) is 12.2. The molecule has 112 valence electrons. The van der Waals surface area contributed by atoms with Gasteiger partial charge in [-0.1, -0.05) is 24.6 Å². The number of carbonyl (C=O) groups excluding carboxylic acids is 1. The molecular weight excluding hydrogens is 298 g/mol. The maximum Gasteiger partial charge on any atom is 0.256 e. The van der Waals surface area contributed by atoms with E-state index in [4.69, 9.17) is 16.3 Å². The summed E-state index contributed by atoms with van der Waals surface area (Å²) in [5.41, 5.74) is 4.29. The minimum atomic E-state index is -0.124. The third kappa shape index (κ3) is 2.60. The fourth-order valence-corrected chi connectivity index (χ4v) is 2.75. The van der Waals surface area contributed by atoms with Crippen molar-refractivity contribution in [3.05, 3.63) is 58.1 Å². The average Bonchev–Trinajstić information content (AvgIpc) is 2.83. The lowest BCUT2D eigenvalue weighted by molar-refractivity contribution is -0.110. The monoisotopic (exact) mass is 313 g/mol. The van der Waals surface area contributed by atoms with Crippen LogP contribution in [0.25, 0.3) is 11.6 Å². The van der Waals surface area contributed by atoms with Crippen LogP contribution in [0.3, 0.4) is 0 Å². The number of ether oxygens (including phenoxy) is 1. The zero-order valence-corrected chi connectivity index (χ0v) is 13.2. The fourth-order valence-electron chi connectivity index (χ4n) is 2.58. The number of methoxy groups -OCH3 is 1. The van der Waals surface area contributed by atoms with Crippen LogP contribution >= 0.6 is 11.6 Å². The Labute approximate surface area is 134 Å². The molecule has 4 heteroatoms. The van der Waals surface area contributed by atoms with Crippen molar-refractivity contribution in [2.45, 2.75) is 13.3 Å². The Hall–Kier alpha value is -2.26. The van der Waals surface area contributed by atoms with Crippen molar-refractivity contribution in [3.8, 4) is 5.75 Å². The Balaban J connectivity index is 2.13. The van der Waals surface area contributed by atoms with Crippen LogP contribution in [-0.2, 0) is 11.2 Å². The quantitative estimate of drug-likeness (QED) is 0.853. The van der Waals surface area contributed by atoms with Gasteiger partial charge in [0.15, 0.2) is 0 Å². The molecule has 0 saturated carbocycles. The highest BCUT2D eigenvalue weighted by Gasteiger charge is 2.24. The Morgan fingerprint density at radius 2 is 2.05 bits per heavy atom. The van der Waals surface area contributed by atoms with E-state index in [1.807, 2.05) is 30.3 Å². The van der Waals surface area contributed by atoms with Gasteiger partial charge in [0.1, 0.15) is 5.75 Å². The highest BCUT2D eigenvalue weighted by Crippen LogP contribution is 2.36. The van der Waals surface area contributed by atoms with E-state index in [-0.39, 0.29) is 5.91 Å². The van der Waals surface area contributed by atoms with Crippen LogP contribution in [-0.4, -0.2) is 13.0 Å². The van der Waals surface area contributed by atoms with Crippen molar-refractivity contribution in [2.24, 2.45) is 0 Å². The number of hydrogen-bond acceptors (Lipinski definition) is 2. The number of nitrogens with one attached hydrogen (secondary N) is 1. The summed E-state index contributed by atoms with van der Waals surface area (Å²) in [5.74, 6) is 0.620. The van der Waals surface area contributed by atoms with Crippen LogP contribution in [0.5, 0.6) is 5.75 Å². The Bertz CT molecular complexity index is 781. The SMILES string of the molecule is CCc1ccc(OC)c(/C=C2/C(=O)Nc3ccc(Cl)cc32)c1. The van der Waals surface area contributed by atoms with Crippen LogP contribution < -0.4 is 10.1 Å². The number of rotatable bonds is 3. The lowest BCUT2D eigenvalue weighted by Gasteiger charge is -2.08. The Morgan fingerprint density at radius 1 is 1.23 bits per heavy atom. The molecule has 0 aliphatic carbocycles. The number of halogens is 1. The number of benzene rings is 2. The van der Waals surface area contributed by atoms with Crippen molar-refractivity contribution >= 4 is 34.8 Å². The Morgan fingerprint density at radius 3 is 2.77 bits per heavy atom. The first-order valence-electron chi connectivity index (χ1n) is 7.12. The molecule has 0 saturated heterocycles. The third-order valence-electron chi connectivity index (χ3n) is 3.77. The van der Waals surface area contributed by atoms with Gasteiger partial charge in [0.2, 0.25) is 0 Å². The minimum Gasteiger partial charge on any atom is -0.496 e. The second-order valence-electron chi connectivity index (χ2n) is 5.13. The largest absolute Gasteiger partial charge is 0.496 e. The number of anilines is 1. The summed E-state index contributed by atoms with van der Waals surface area (Å²) in [6.07, 6.45) is 2.78. The first kappa shape index (κ1) is 14.7. The van der Waals surface area contributed by atoms with Crippen LogP contribution in [0.4, 0.5) is 5.69 Å². The van der Waals surface area contributed by atoms with Crippen molar-refractivity contribution in [1.82, 2.24) is 0 Å². The van der Waals surface area contributed by atoms with Gasteiger partial charge in [-0.25, -0.2) is 0 Å². The first-order valence-corrected chi connectivity index (χ1v) is 7.50. The summed E-state index contributed by atoms with van der Waals surface area (Å²) >= 11 is 6.05. The van der Waals surface area contributed by atoms with Gasteiger partial charge < -0.3 is 10.1 Å². The van der Waals surface area contributed by atoms with E-state index in [9.17, 15) is 4.79 Å². The molecule has 1 aliphatic rings. The molecule has 0 fully saturated rings. The van der Waals surface area contributed by atoms with Gasteiger partial charge in [-0.3, -0.25) is 4.79 Å². The van der Waals surface area contributed by atoms with Gasteiger partial charge >= 0.3 is 0 Å². The molecular formula is C18H16ClNO2. The minimum absolute atomic E-state index is 0.124. The lowest BCUT2D eigenvalue weighted by Crippen LogP contribution is -2.03. The highest BCUT2D eigenvalue weighted by atomic mass is 35.5. The predicted octanol–water partition coefficient (Wildman–Crippen LogP) is 4.40. The molecule has 0 unspecified atom stereocenters. The zero-order chi connectivity index (χ0) is 15.7. The lowest BCUT2D eigenvalue weighted by atomic mass is 10.0. The number of aryl methyl sites for hydroxylation is 1. The molecule has 1 heterocycles. The second kappa shape index (κ2) is 5.85. The van der Waals surface area contributed by atoms with Gasteiger partial charge in [-0.05, 0) is 48.4 Å². The smallest absolute Gasteiger partial charge is 0.256 e. The van der Waals surface area contributed by atoms with E-state index in [0.717, 1.165) is 29.0 Å². The molecule has 0 aromatic heterocycles. The summed E-state index contributed by atoms with van der Waals surface area (Å²) in [6, 6.07) is 11.4. The van der Waals surface area contributed by atoms with Crippen molar-refractivity contribution in [2.75, 3.05) is 12.4 Å². The van der Waals surface area contributed by atoms with E-state index in [1.54, 1.807) is 19.2 Å². The van der Waals surface area contributed by atoms with E-state index >= 15 is 0 Å². The van der Waals surface area contributed by atoms with E-state index < -0.39 is 0 Å². The van der Waals surface area contributed by atoms with Crippen LogP contribution in [0.15, 0.2) is 36.4 Å². The van der Waals surface area contributed by atoms with E-state index in [2.05, 4.69) is 12.2 Å². The normalized spacial score (nSPS) is 14.9. The molecule has 0 atom stereocenters. The maximum absolute atomic E-state index is 12.2. The van der Waals surface area contributed by atoms with Gasteiger partial charge in [-0.15, -0.1) is 0 Å². The molecule has 1 aliphatic heterocycles. The number of fused-ring (bicyclic) bond motifs is 1. The maximum atomic E-state index is 12.2. The Kier molecular flexibility index (Phi) is 3.90. The summed E-state index contributed by atoms with van der Waals surface area (Å²) in [5, 5.41) is 3.46. The number of hydrogen-bond donors (Lipinski definition) is 1. The fraction of sp³-hybridized carbons (Fsp3) is 0.167. The van der Waals surface area contributed by atoms with E-state index in [1.165, 1.54) is 5.56 Å². The molecule has 3 rings (SSSR count). The van der Waals surface area contributed by atoms with E-state index in [0.29, 0.717) is 10.6 Å². The number of carbonyl (C=O) groups is 1. The summed E-state index contributed by atoms with van der Waals surface area (Å²) < 4.78 is 5.40. The molecule has 22 heavy (non-hydrogen) atoms. The molecule has 1 N–H and O–H groups in total. The van der Waals surface area contributed by atoms with Crippen molar-refractivity contribution in [3.63, 3.8) is 0 Å². The summed E-state index contributed by atoms with van der Waals surface area (Å²) in [6.45, 7) is 2.09. The van der Waals surface area contributed by atoms with Gasteiger partial charge in [0, 0.05) is 27.4 Å². The van der Waals surface area contributed by atoms with Crippen LogP contribution in [0.2, 0.25) is 5.02 Å². The summed E-state index contributed by atoms with van der Waals surface area (Å²) in [7, 11) is 1.63. The van der Waals surface area contributed by atoms with Crippen LogP contribution in [0, 0.1) is 0 Å². The van der Waals surface area contributed by atoms with Gasteiger partial charge in [0.05, 0.1) is 7.11 Å². The number of amides is 1. The first-order chi connectivity index (χ1) is 10.6. The molecule has 1 amide bonds. The highest BCUT2D eigenvalue weighted by molar-refractivity contribution is 6.36. The average molecular weight is 314 g/mol. The molecule has 3 nitrogen and oxygen atoms in total. The molecule has 0 bridgehead atoms. The molecule has 2 aromatic rings. The molecule has 2 aromatic carbocycles. The van der Waals surface area contributed by atoms with Crippen LogP contribution in [0.1, 0.15) is 23.6 Å². The van der Waals surface area contributed by atoms with Gasteiger partial charge in [0.25, 0.3) is 5.91 Å². The van der Waals surface area contributed by atoms with Crippen molar-refractivity contribution < 1.29 is 9.53 Å². The molecule has 0 spiro atoms. The third-order valence-corrected chi connectivity index (χ3v) is 4.00. The molecule has 0 radical (unpaired) electrons. The van der Waals surface area contributed by atoms with Gasteiger partial charge in [-0.2, -0.15) is 0 Å². The second-order valence-corrected chi connectivity index (χ2v) is 5.57. The topological polar surface area (TPSA) is 38.3 Å². The van der Waals surface area contributed by atoms with Crippen molar-refractivity contribution in [1.29, 1.82) is 0 Å². The zero-order valence-electron chi connectivity index (χ0n) is 12.4.